The van der Waals surface area contributed by atoms with Crippen LogP contribution in [0.5, 0.6) is 11.5 Å². The van der Waals surface area contributed by atoms with Crippen molar-refractivity contribution >= 4 is 23.3 Å². The number of benzene rings is 2. The summed E-state index contributed by atoms with van der Waals surface area (Å²) in [6.45, 7) is 1.64. The third-order valence-corrected chi connectivity index (χ3v) is 4.58. The standard InChI is InChI=1S/C20H23ClFN3O3/c1-25(2)17-4-3-14(10-16(17)22)12-24-20(26)23-6-5-13-9-15(21)19-18(11-13)27-7-8-28-19/h3-4,9-11H,5-8,12H2,1-2H3,(H2,23,24,26). The summed E-state index contributed by atoms with van der Waals surface area (Å²) in [5, 5.41) is 6.00. The molecule has 0 aliphatic carbocycles. The van der Waals surface area contributed by atoms with E-state index in [2.05, 4.69) is 10.6 Å². The molecule has 3 rings (SSSR count). The lowest BCUT2D eigenvalue weighted by atomic mass is 10.1. The summed E-state index contributed by atoms with van der Waals surface area (Å²) in [5.41, 5.74) is 2.14. The lowest BCUT2D eigenvalue weighted by molar-refractivity contribution is 0.171. The average Bonchev–Trinajstić information content (AvgIpc) is 2.66. The molecule has 0 saturated carbocycles. The quantitative estimate of drug-likeness (QED) is 0.770. The third-order valence-electron chi connectivity index (χ3n) is 4.30. The number of fused-ring (bicyclic) bond motifs is 1. The van der Waals surface area contributed by atoms with Gasteiger partial charge in [-0.1, -0.05) is 17.7 Å². The van der Waals surface area contributed by atoms with Crippen molar-refractivity contribution in [3.05, 3.63) is 52.3 Å². The Morgan fingerprint density at radius 3 is 2.68 bits per heavy atom. The highest BCUT2D eigenvalue weighted by Gasteiger charge is 2.16. The Kier molecular flexibility index (Phi) is 6.46. The van der Waals surface area contributed by atoms with Crippen LogP contribution in [0.2, 0.25) is 5.02 Å². The van der Waals surface area contributed by atoms with Crippen molar-refractivity contribution in [1.29, 1.82) is 0 Å². The topological polar surface area (TPSA) is 62.8 Å². The molecule has 0 fully saturated rings. The number of nitrogens with zero attached hydrogens (tertiary/aromatic N) is 1. The van der Waals surface area contributed by atoms with Gasteiger partial charge in [0.2, 0.25) is 0 Å². The van der Waals surface area contributed by atoms with Gasteiger partial charge in [0.15, 0.2) is 11.5 Å². The fourth-order valence-corrected chi connectivity index (χ4v) is 3.18. The monoisotopic (exact) mass is 407 g/mol. The summed E-state index contributed by atoms with van der Waals surface area (Å²) in [5.74, 6) is 0.872. The highest BCUT2D eigenvalue weighted by molar-refractivity contribution is 6.32. The molecule has 2 aromatic carbocycles. The predicted octanol–water partition coefficient (Wildman–Crippen LogP) is 3.36. The number of carbonyl (C=O) groups excluding carboxylic acids is 1. The van der Waals surface area contributed by atoms with E-state index >= 15 is 0 Å². The molecule has 0 atom stereocenters. The van der Waals surface area contributed by atoms with Gasteiger partial charge in [-0.2, -0.15) is 0 Å². The van der Waals surface area contributed by atoms with E-state index < -0.39 is 0 Å². The number of rotatable bonds is 6. The molecule has 0 radical (unpaired) electrons. The second-order valence-electron chi connectivity index (χ2n) is 6.64. The molecule has 2 amide bonds. The predicted molar refractivity (Wildman–Crippen MR) is 107 cm³/mol. The summed E-state index contributed by atoms with van der Waals surface area (Å²) < 4.78 is 25.0. The van der Waals surface area contributed by atoms with Crippen LogP contribution in [0.15, 0.2) is 30.3 Å². The number of hydrogen-bond acceptors (Lipinski definition) is 4. The largest absolute Gasteiger partial charge is 0.486 e. The van der Waals surface area contributed by atoms with Crippen LogP contribution in [-0.4, -0.2) is 39.9 Å². The molecular weight excluding hydrogens is 385 g/mol. The molecular formula is C20H23ClFN3O3. The normalized spacial score (nSPS) is 12.4. The van der Waals surface area contributed by atoms with E-state index in [0.717, 1.165) is 5.56 Å². The molecule has 1 aliphatic rings. The van der Waals surface area contributed by atoms with Gasteiger partial charge >= 0.3 is 6.03 Å². The van der Waals surface area contributed by atoms with Crippen molar-refractivity contribution in [1.82, 2.24) is 10.6 Å². The van der Waals surface area contributed by atoms with Crippen LogP contribution in [0.4, 0.5) is 14.9 Å². The maximum absolute atomic E-state index is 14.0. The summed E-state index contributed by atoms with van der Waals surface area (Å²) in [4.78, 5) is 13.7. The molecule has 2 aromatic rings. The number of urea groups is 1. The minimum Gasteiger partial charge on any atom is -0.486 e. The van der Waals surface area contributed by atoms with Crippen LogP contribution in [0.1, 0.15) is 11.1 Å². The van der Waals surface area contributed by atoms with Gasteiger partial charge in [0.25, 0.3) is 0 Å². The number of nitrogens with one attached hydrogen (secondary N) is 2. The molecule has 0 bridgehead atoms. The molecule has 8 heteroatoms. The molecule has 150 valence electrons. The van der Waals surface area contributed by atoms with Crippen LogP contribution in [0, 0.1) is 5.82 Å². The molecule has 0 unspecified atom stereocenters. The van der Waals surface area contributed by atoms with Gasteiger partial charge in [0, 0.05) is 27.2 Å². The van der Waals surface area contributed by atoms with Crippen LogP contribution >= 0.6 is 11.6 Å². The molecule has 1 aliphatic heterocycles. The lowest BCUT2D eigenvalue weighted by Gasteiger charge is -2.20. The van der Waals surface area contributed by atoms with Gasteiger partial charge in [-0.3, -0.25) is 0 Å². The van der Waals surface area contributed by atoms with E-state index in [9.17, 15) is 9.18 Å². The van der Waals surface area contributed by atoms with Crippen molar-refractivity contribution in [2.24, 2.45) is 0 Å². The lowest BCUT2D eigenvalue weighted by Crippen LogP contribution is -2.36. The summed E-state index contributed by atoms with van der Waals surface area (Å²) in [6.07, 6.45) is 0.593. The Morgan fingerprint density at radius 1 is 1.14 bits per heavy atom. The molecule has 28 heavy (non-hydrogen) atoms. The smallest absolute Gasteiger partial charge is 0.315 e. The first kappa shape index (κ1) is 20.1. The molecule has 0 aromatic heterocycles. The fraction of sp³-hybridized carbons (Fsp3) is 0.350. The first-order chi connectivity index (χ1) is 13.4. The van der Waals surface area contributed by atoms with Gasteiger partial charge < -0.3 is 25.0 Å². The molecule has 2 N–H and O–H groups in total. The second kappa shape index (κ2) is 9.01. The van der Waals surface area contributed by atoms with Gasteiger partial charge in [-0.15, -0.1) is 0 Å². The Morgan fingerprint density at radius 2 is 1.93 bits per heavy atom. The summed E-state index contributed by atoms with van der Waals surface area (Å²) in [6, 6.07) is 8.26. The zero-order valence-electron chi connectivity index (χ0n) is 15.9. The first-order valence-electron chi connectivity index (χ1n) is 8.99. The second-order valence-corrected chi connectivity index (χ2v) is 7.05. The Labute approximate surface area is 168 Å². The number of anilines is 1. The number of carbonyl (C=O) groups is 1. The van der Waals surface area contributed by atoms with Crippen LogP contribution in [-0.2, 0) is 13.0 Å². The Bertz CT molecular complexity index is 861. The zero-order valence-corrected chi connectivity index (χ0v) is 16.6. The highest BCUT2D eigenvalue weighted by atomic mass is 35.5. The Balaban J connectivity index is 1.46. The van der Waals surface area contributed by atoms with Gasteiger partial charge in [-0.05, 0) is 41.8 Å². The van der Waals surface area contributed by atoms with Crippen LogP contribution in [0.3, 0.4) is 0 Å². The SMILES string of the molecule is CN(C)c1ccc(CNC(=O)NCCc2cc(Cl)c3c(c2)OCCO3)cc1F. The van der Waals surface area contributed by atoms with Crippen molar-refractivity contribution in [3.63, 3.8) is 0 Å². The summed E-state index contributed by atoms with van der Waals surface area (Å²) >= 11 is 6.21. The fourth-order valence-electron chi connectivity index (χ4n) is 2.90. The maximum atomic E-state index is 14.0. The Hall–Kier alpha value is -2.67. The summed E-state index contributed by atoms with van der Waals surface area (Å²) in [7, 11) is 3.55. The van der Waals surface area contributed by atoms with Crippen molar-refractivity contribution in [2.75, 3.05) is 38.8 Å². The number of ether oxygens (including phenoxy) is 2. The van der Waals surface area contributed by atoms with Crippen molar-refractivity contribution in [3.8, 4) is 11.5 Å². The number of halogens is 2. The van der Waals surface area contributed by atoms with Crippen molar-refractivity contribution in [2.45, 2.75) is 13.0 Å². The van der Waals surface area contributed by atoms with Crippen LogP contribution < -0.4 is 25.0 Å². The molecule has 6 nitrogen and oxygen atoms in total. The molecule has 0 spiro atoms. The van der Waals surface area contributed by atoms with E-state index in [0.29, 0.717) is 54.0 Å². The number of hydrogen-bond donors (Lipinski definition) is 2. The third kappa shape index (κ3) is 4.98. The zero-order chi connectivity index (χ0) is 20.1. The van der Waals surface area contributed by atoms with Gasteiger partial charge in [0.05, 0.1) is 10.7 Å². The van der Waals surface area contributed by atoms with Gasteiger partial charge in [0.1, 0.15) is 19.0 Å². The van der Waals surface area contributed by atoms with E-state index in [-0.39, 0.29) is 18.4 Å². The maximum Gasteiger partial charge on any atom is 0.315 e. The van der Waals surface area contributed by atoms with Crippen molar-refractivity contribution < 1.29 is 18.7 Å². The number of amides is 2. The van der Waals surface area contributed by atoms with E-state index in [1.165, 1.54) is 6.07 Å². The first-order valence-corrected chi connectivity index (χ1v) is 9.37. The van der Waals surface area contributed by atoms with Crippen LogP contribution in [0.25, 0.3) is 0 Å². The minimum absolute atomic E-state index is 0.242. The van der Waals surface area contributed by atoms with E-state index in [4.69, 9.17) is 21.1 Å². The minimum atomic E-state index is -0.319. The van der Waals surface area contributed by atoms with E-state index in [1.807, 2.05) is 12.1 Å². The van der Waals surface area contributed by atoms with E-state index in [1.54, 1.807) is 31.1 Å². The average molecular weight is 408 g/mol. The molecule has 0 saturated heterocycles. The highest BCUT2D eigenvalue weighted by Crippen LogP contribution is 2.38. The molecule has 1 heterocycles. The van der Waals surface area contributed by atoms with Gasteiger partial charge in [-0.25, -0.2) is 9.18 Å².